The first kappa shape index (κ1) is 16.7. The van der Waals surface area contributed by atoms with Crippen molar-refractivity contribution >= 4 is 12.7 Å². The minimum Gasteiger partial charge on any atom is -0.369 e. The first-order valence-corrected chi connectivity index (χ1v) is 6.73. The van der Waals surface area contributed by atoms with Crippen molar-refractivity contribution in [1.29, 1.82) is 0 Å². The molecule has 0 fully saturated rings. The van der Waals surface area contributed by atoms with Crippen molar-refractivity contribution in [3.05, 3.63) is 48.1 Å². The van der Waals surface area contributed by atoms with Crippen LogP contribution in [0, 0.1) is 11.6 Å². The molecule has 7 nitrogen and oxygen atoms in total. The van der Waals surface area contributed by atoms with Gasteiger partial charge in [0.05, 0.1) is 6.54 Å². The maximum atomic E-state index is 14.3. The van der Waals surface area contributed by atoms with Crippen LogP contribution in [0.2, 0.25) is 0 Å². The smallest absolute Gasteiger partial charge is 0.281 e. The lowest BCUT2D eigenvalue weighted by atomic mass is 9.92. The predicted molar refractivity (Wildman–Crippen MR) is 79.6 cm³/mol. The maximum absolute atomic E-state index is 14.3. The van der Waals surface area contributed by atoms with Gasteiger partial charge in [0.25, 0.3) is 6.34 Å². The molecule has 0 saturated heterocycles. The summed E-state index contributed by atoms with van der Waals surface area (Å²) in [5, 5.41) is 4.01. The highest BCUT2D eigenvalue weighted by molar-refractivity contribution is 5.66. The Kier molecular flexibility index (Phi) is 5.47. The number of aromatic nitrogens is 3. The van der Waals surface area contributed by atoms with Gasteiger partial charge in [-0.25, -0.2) is 18.4 Å². The standard InChI is InChI=1S/C14H16F2N6O/c1-23-14(5-18-8-19-7-17,6-22-10-20-9-21-22)12-3-2-11(15)4-13(12)16/h2-4,7-10H,5-6H2,1H3,(H2,17,18,19)/p+1. The second kappa shape index (κ2) is 7.54. The Balaban J connectivity index is 2.42. The van der Waals surface area contributed by atoms with Crippen LogP contribution >= 0.6 is 0 Å². The molecule has 2 aromatic rings. The molecule has 9 heteroatoms. The number of halogens is 2. The van der Waals surface area contributed by atoms with Crippen LogP contribution in [-0.2, 0) is 16.9 Å². The number of hydrogen-bond acceptors (Lipinski definition) is 3. The molecule has 23 heavy (non-hydrogen) atoms. The van der Waals surface area contributed by atoms with E-state index in [2.05, 4.69) is 20.1 Å². The van der Waals surface area contributed by atoms with Crippen molar-refractivity contribution in [1.82, 2.24) is 14.8 Å². The topological polar surface area (TPSA) is 92.3 Å². The van der Waals surface area contributed by atoms with E-state index in [0.29, 0.717) is 0 Å². The second-order valence-electron chi connectivity index (χ2n) is 4.72. The van der Waals surface area contributed by atoms with E-state index in [1.807, 2.05) is 0 Å². The molecule has 122 valence electrons. The maximum Gasteiger partial charge on any atom is 0.281 e. The van der Waals surface area contributed by atoms with Gasteiger partial charge in [-0.05, 0) is 11.1 Å². The molecule has 0 bridgehead atoms. The first-order valence-electron chi connectivity index (χ1n) is 6.73. The van der Waals surface area contributed by atoms with Crippen molar-refractivity contribution in [2.24, 2.45) is 10.7 Å². The fraction of sp³-hybridized carbons (Fsp3) is 0.286. The van der Waals surface area contributed by atoms with Crippen molar-refractivity contribution in [2.45, 2.75) is 12.1 Å². The molecule has 0 amide bonds. The highest BCUT2D eigenvalue weighted by atomic mass is 19.1. The summed E-state index contributed by atoms with van der Waals surface area (Å²) in [5.74, 6) is -1.37. The fourth-order valence-corrected chi connectivity index (χ4v) is 2.22. The van der Waals surface area contributed by atoms with Crippen molar-refractivity contribution in [3.63, 3.8) is 0 Å². The quantitative estimate of drug-likeness (QED) is 0.515. The minimum absolute atomic E-state index is 0.156. The monoisotopic (exact) mass is 323 g/mol. The summed E-state index contributed by atoms with van der Waals surface area (Å²) in [7, 11) is 1.44. The van der Waals surface area contributed by atoms with E-state index in [9.17, 15) is 8.78 Å². The van der Waals surface area contributed by atoms with Crippen molar-refractivity contribution < 1.29 is 18.5 Å². The van der Waals surface area contributed by atoms with Gasteiger partial charge in [0, 0.05) is 18.7 Å². The summed E-state index contributed by atoms with van der Waals surface area (Å²) in [5.41, 5.74) is 4.20. The van der Waals surface area contributed by atoms with E-state index in [-0.39, 0.29) is 18.7 Å². The van der Waals surface area contributed by atoms with Crippen LogP contribution in [0.5, 0.6) is 0 Å². The van der Waals surface area contributed by atoms with Gasteiger partial charge in [0.2, 0.25) is 6.34 Å². The molecule has 0 aliphatic carbocycles. The zero-order valence-corrected chi connectivity index (χ0v) is 12.5. The summed E-state index contributed by atoms with van der Waals surface area (Å²) in [6.07, 6.45) is 5.31. The van der Waals surface area contributed by atoms with Crippen LogP contribution in [0.15, 0.2) is 35.8 Å². The van der Waals surface area contributed by atoms with E-state index >= 15 is 0 Å². The van der Waals surface area contributed by atoms with Gasteiger partial charge >= 0.3 is 0 Å². The summed E-state index contributed by atoms with van der Waals surface area (Å²) >= 11 is 0. The molecular weight excluding hydrogens is 306 g/mol. The van der Waals surface area contributed by atoms with Gasteiger partial charge in [0.1, 0.15) is 30.8 Å². The Bertz CT molecular complexity index is 689. The van der Waals surface area contributed by atoms with Crippen LogP contribution in [-0.4, -0.2) is 41.1 Å². The number of nitrogens with one attached hydrogen (secondary N) is 1. The van der Waals surface area contributed by atoms with E-state index in [1.54, 1.807) is 0 Å². The fourth-order valence-electron chi connectivity index (χ4n) is 2.22. The van der Waals surface area contributed by atoms with Gasteiger partial charge in [-0.2, -0.15) is 5.10 Å². The summed E-state index contributed by atoms with van der Waals surface area (Å²) in [6.45, 7) is 0.322. The van der Waals surface area contributed by atoms with Crippen LogP contribution < -0.4 is 10.7 Å². The highest BCUT2D eigenvalue weighted by Crippen LogP contribution is 2.28. The van der Waals surface area contributed by atoms with Crippen LogP contribution in [0.3, 0.4) is 0 Å². The number of nitrogens with two attached hydrogens (primary N) is 1. The summed E-state index contributed by atoms with van der Waals surface area (Å²) in [4.78, 5) is 10.4. The number of rotatable bonds is 7. The third kappa shape index (κ3) is 3.95. The highest BCUT2D eigenvalue weighted by Gasteiger charge is 2.37. The second-order valence-corrected chi connectivity index (χ2v) is 4.72. The zero-order chi connectivity index (χ0) is 16.7. The Labute approximate surface area is 131 Å². The third-order valence-electron chi connectivity index (χ3n) is 3.34. The molecule has 0 aliphatic heterocycles. The molecule has 1 atom stereocenters. The molecule has 1 unspecified atom stereocenters. The first-order chi connectivity index (χ1) is 11.1. The molecule has 1 aromatic carbocycles. The van der Waals surface area contributed by atoms with E-state index in [1.165, 1.54) is 42.9 Å². The van der Waals surface area contributed by atoms with E-state index in [0.717, 1.165) is 12.4 Å². The molecule has 0 radical (unpaired) electrons. The van der Waals surface area contributed by atoms with Gasteiger partial charge < -0.3 is 10.5 Å². The SMILES string of the molecule is COC(C[NH+]=CN=CN)(Cn1cncn1)c1ccc(F)cc1F. The van der Waals surface area contributed by atoms with E-state index in [4.69, 9.17) is 10.5 Å². The Hall–Kier alpha value is -2.68. The number of hydrogen-bond donors (Lipinski definition) is 2. The molecular formula is C14H17F2N6O+. The Morgan fingerprint density at radius 1 is 1.48 bits per heavy atom. The lowest BCUT2D eigenvalue weighted by Crippen LogP contribution is -2.75. The minimum atomic E-state index is -1.15. The van der Waals surface area contributed by atoms with Crippen molar-refractivity contribution in [3.8, 4) is 0 Å². The number of aliphatic imine (C=N–C) groups is 1. The molecule has 1 aromatic heterocycles. The number of ether oxygens (including phenoxy) is 1. The average molecular weight is 323 g/mol. The average Bonchev–Trinajstić information content (AvgIpc) is 3.03. The lowest BCUT2D eigenvalue weighted by molar-refractivity contribution is -0.481. The number of nitrogens with zero attached hydrogens (tertiary/aromatic N) is 4. The molecule has 3 N–H and O–H groups in total. The van der Waals surface area contributed by atoms with Gasteiger partial charge in [-0.1, -0.05) is 6.07 Å². The normalized spacial score (nSPS) is 14.6. The molecule has 0 saturated carbocycles. The largest absolute Gasteiger partial charge is 0.369 e. The summed E-state index contributed by atoms with van der Waals surface area (Å²) in [6, 6.07) is 3.33. The number of methoxy groups -OCH3 is 1. The molecule has 0 aliphatic rings. The number of benzene rings is 1. The van der Waals surface area contributed by atoms with Gasteiger partial charge in [-0.15, -0.1) is 0 Å². The molecule has 0 spiro atoms. The van der Waals surface area contributed by atoms with E-state index < -0.39 is 17.2 Å². The lowest BCUT2D eigenvalue weighted by Gasteiger charge is -2.30. The Morgan fingerprint density at radius 2 is 2.30 bits per heavy atom. The molecule has 2 rings (SSSR count). The summed E-state index contributed by atoms with van der Waals surface area (Å²) < 4.78 is 34.6. The molecule has 1 heterocycles. The predicted octanol–water partition coefficient (Wildman–Crippen LogP) is -0.806. The van der Waals surface area contributed by atoms with Crippen LogP contribution in [0.25, 0.3) is 0 Å². The van der Waals surface area contributed by atoms with Gasteiger partial charge in [-0.3, -0.25) is 4.99 Å². The van der Waals surface area contributed by atoms with Crippen LogP contribution in [0.4, 0.5) is 8.78 Å². The third-order valence-corrected chi connectivity index (χ3v) is 3.34. The zero-order valence-electron chi connectivity index (χ0n) is 12.5. The van der Waals surface area contributed by atoms with Crippen LogP contribution in [0.1, 0.15) is 5.56 Å². The Morgan fingerprint density at radius 3 is 2.91 bits per heavy atom. The van der Waals surface area contributed by atoms with Crippen molar-refractivity contribution in [2.75, 3.05) is 13.7 Å². The van der Waals surface area contributed by atoms with Gasteiger partial charge in [0.15, 0.2) is 5.60 Å².